The van der Waals surface area contributed by atoms with Gasteiger partial charge in [-0.25, -0.2) is 4.79 Å². The molecule has 0 fully saturated rings. The Morgan fingerprint density at radius 2 is 1.48 bits per heavy atom. The molecule has 2 heteroatoms. The van der Waals surface area contributed by atoms with Crippen molar-refractivity contribution in [3.05, 3.63) is 65.7 Å². The van der Waals surface area contributed by atoms with E-state index in [1.807, 2.05) is 30.3 Å². The smallest absolute Gasteiger partial charge is 0.343 e. The highest BCUT2D eigenvalue weighted by Gasteiger charge is 2.07. The van der Waals surface area contributed by atoms with Crippen LogP contribution in [0.4, 0.5) is 0 Å². The molecule has 0 saturated heterocycles. The fourth-order valence-electron chi connectivity index (χ4n) is 2.57. The number of carbonyl (C=O) groups is 1. The van der Waals surface area contributed by atoms with Crippen molar-refractivity contribution in [3.8, 4) is 5.75 Å². The summed E-state index contributed by atoms with van der Waals surface area (Å²) in [6, 6.07) is 16.9. The molecule has 0 atom stereocenters. The quantitative estimate of drug-likeness (QED) is 0.332. The summed E-state index contributed by atoms with van der Waals surface area (Å²) in [4.78, 5) is 12.0. The van der Waals surface area contributed by atoms with Crippen LogP contribution in [0.5, 0.6) is 5.75 Å². The summed E-state index contributed by atoms with van der Waals surface area (Å²) >= 11 is 0. The Morgan fingerprint density at radius 3 is 2.17 bits per heavy atom. The maximum Gasteiger partial charge on any atom is 0.343 e. The van der Waals surface area contributed by atoms with E-state index in [0.717, 1.165) is 6.42 Å². The second-order valence-electron chi connectivity index (χ2n) is 5.92. The highest BCUT2D eigenvalue weighted by atomic mass is 16.5. The normalized spacial score (nSPS) is 10.5. The second kappa shape index (κ2) is 9.83. The molecule has 0 aromatic heterocycles. The van der Waals surface area contributed by atoms with Gasteiger partial charge in [0, 0.05) is 0 Å². The van der Waals surface area contributed by atoms with Crippen molar-refractivity contribution in [1.29, 1.82) is 0 Å². The molecule has 2 aromatic rings. The average Bonchev–Trinajstić information content (AvgIpc) is 2.60. The molecule has 0 unspecified atom stereocenters. The molecule has 2 aromatic carbocycles. The highest BCUT2D eigenvalue weighted by Crippen LogP contribution is 2.16. The number of hydrogen-bond acceptors (Lipinski definition) is 2. The molecule has 0 radical (unpaired) electrons. The van der Waals surface area contributed by atoms with Gasteiger partial charge in [-0.3, -0.25) is 0 Å². The molecular formula is C21H26O2. The van der Waals surface area contributed by atoms with Crippen LogP contribution in [0.25, 0.3) is 0 Å². The molecule has 23 heavy (non-hydrogen) atoms. The van der Waals surface area contributed by atoms with Gasteiger partial charge in [0.1, 0.15) is 5.75 Å². The number of hydrogen-bond donors (Lipinski definition) is 0. The first-order valence-electron chi connectivity index (χ1n) is 8.66. The first kappa shape index (κ1) is 17.3. The zero-order valence-electron chi connectivity index (χ0n) is 14.0. The molecule has 0 aliphatic rings. The predicted molar refractivity (Wildman–Crippen MR) is 94.9 cm³/mol. The number of benzene rings is 2. The third kappa shape index (κ3) is 6.27. The van der Waals surface area contributed by atoms with E-state index in [-0.39, 0.29) is 5.97 Å². The van der Waals surface area contributed by atoms with Crippen molar-refractivity contribution in [2.24, 2.45) is 0 Å². The summed E-state index contributed by atoms with van der Waals surface area (Å²) < 4.78 is 5.39. The van der Waals surface area contributed by atoms with Crippen molar-refractivity contribution in [3.63, 3.8) is 0 Å². The number of rotatable bonds is 9. The van der Waals surface area contributed by atoms with Crippen molar-refractivity contribution < 1.29 is 9.53 Å². The van der Waals surface area contributed by atoms with E-state index < -0.39 is 0 Å². The Bertz CT molecular complexity index is 573. The molecule has 122 valence electrons. The SMILES string of the molecule is CCCCCCCCc1ccc(OC(=O)c2ccccc2)cc1. The number of carbonyl (C=O) groups excluding carboxylic acids is 1. The summed E-state index contributed by atoms with van der Waals surface area (Å²) in [5.41, 5.74) is 1.88. The zero-order chi connectivity index (χ0) is 16.3. The zero-order valence-corrected chi connectivity index (χ0v) is 14.0. The van der Waals surface area contributed by atoms with Gasteiger partial charge in [0.05, 0.1) is 5.56 Å². The van der Waals surface area contributed by atoms with E-state index in [9.17, 15) is 4.79 Å². The van der Waals surface area contributed by atoms with Gasteiger partial charge in [0.25, 0.3) is 0 Å². The lowest BCUT2D eigenvalue weighted by Crippen LogP contribution is -2.08. The number of aryl methyl sites for hydroxylation is 1. The van der Waals surface area contributed by atoms with Crippen LogP contribution in [-0.2, 0) is 6.42 Å². The number of unbranched alkanes of at least 4 members (excludes halogenated alkanes) is 5. The fraction of sp³-hybridized carbons (Fsp3) is 0.381. The molecule has 2 nitrogen and oxygen atoms in total. The Morgan fingerprint density at radius 1 is 0.826 bits per heavy atom. The van der Waals surface area contributed by atoms with Crippen LogP contribution in [0, 0.1) is 0 Å². The molecular weight excluding hydrogens is 284 g/mol. The van der Waals surface area contributed by atoms with E-state index in [0.29, 0.717) is 11.3 Å². The molecule has 0 saturated carbocycles. The summed E-state index contributed by atoms with van der Waals surface area (Å²) in [6.45, 7) is 2.24. The van der Waals surface area contributed by atoms with Gasteiger partial charge in [-0.15, -0.1) is 0 Å². The largest absolute Gasteiger partial charge is 0.423 e. The first-order chi connectivity index (χ1) is 11.3. The van der Waals surface area contributed by atoms with Gasteiger partial charge in [0.15, 0.2) is 0 Å². The summed E-state index contributed by atoms with van der Waals surface area (Å²) in [6.07, 6.45) is 8.95. The molecule has 0 heterocycles. The van der Waals surface area contributed by atoms with Crippen molar-refractivity contribution in [1.82, 2.24) is 0 Å². The van der Waals surface area contributed by atoms with Crippen molar-refractivity contribution >= 4 is 5.97 Å². The van der Waals surface area contributed by atoms with Crippen LogP contribution < -0.4 is 4.74 Å². The highest BCUT2D eigenvalue weighted by molar-refractivity contribution is 5.90. The van der Waals surface area contributed by atoms with Gasteiger partial charge in [0.2, 0.25) is 0 Å². The number of ether oxygens (including phenoxy) is 1. The molecule has 2 rings (SSSR count). The van der Waals surface area contributed by atoms with Crippen LogP contribution in [0.3, 0.4) is 0 Å². The Hall–Kier alpha value is -2.09. The first-order valence-corrected chi connectivity index (χ1v) is 8.66. The summed E-state index contributed by atoms with van der Waals surface area (Å²) in [7, 11) is 0. The lowest BCUT2D eigenvalue weighted by Gasteiger charge is -2.06. The van der Waals surface area contributed by atoms with Crippen LogP contribution in [0.15, 0.2) is 54.6 Å². The Kier molecular flexibility index (Phi) is 7.38. The second-order valence-corrected chi connectivity index (χ2v) is 5.92. The third-order valence-electron chi connectivity index (χ3n) is 3.96. The Labute approximate surface area is 139 Å². The molecule has 0 aliphatic heterocycles. The maximum absolute atomic E-state index is 12.0. The van der Waals surface area contributed by atoms with Crippen molar-refractivity contribution in [2.45, 2.75) is 51.9 Å². The summed E-state index contributed by atoms with van der Waals surface area (Å²) in [5.74, 6) is 0.292. The maximum atomic E-state index is 12.0. The minimum atomic E-state index is -0.311. The predicted octanol–water partition coefficient (Wildman–Crippen LogP) is 5.81. The molecule has 0 bridgehead atoms. The van der Waals surface area contributed by atoms with E-state index in [1.165, 1.54) is 44.1 Å². The third-order valence-corrected chi connectivity index (χ3v) is 3.96. The lowest BCUT2D eigenvalue weighted by molar-refractivity contribution is 0.0734. The van der Waals surface area contributed by atoms with Crippen LogP contribution in [0.2, 0.25) is 0 Å². The topological polar surface area (TPSA) is 26.3 Å². The van der Waals surface area contributed by atoms with Crippen LogP contribution in [-0.4, -0.2) is 5.97 Å². The van der Waals surface area contributed by atoms with Crippen LogP contribution >= 0.6 is 0 Å². The van der Waals surface area contributed by atoms with E-state index >= 15 is 0 Å². The minimum Gasteiger partial charge on any atom is -0.423 e. The number of esters is 1. The van der Waals surface area contributed by atoms with Gasteiger partial charge < -0.3 is 4.74 Å². The van der Waals surface area contributed by atoms with E-state index in [4.69, 9.17) is 4.74 Å². The monoisotopic (exact) mass is 310 g/mol. The minimum absolute atomic E-state index is 0.311. The van der Waals surface area contributed by atoms with Crippen molar-refractivity contribution in [2.75, 3.05) is 0 Å². The van der Waals surface area contributed by atoms with E-state index in [2.05, 4.69) is 19.1 Å². The molecule has 0 N–H and O–H groups in total. The van der Waals surface area contributed by atoms with Gasteiger partial charge in [-0.05, 0) is 42.7 Å². The van der Waals surface area contributed by atoms with Crippen LogP contribution in [0.1, 0.15) is 61.4 Å². The van der Waals surface area contributed by atoms with Gasteiger partial charge >= 0.3 is 5.97 Å². The Balaban J connectivity index is 1.75. The van der Waals surface area contributed by atoms with Gasteiger partial charge in [-0.2, -0.15) is 0 Å². The summed E-state index contributed by atoms with van der Waals surface area (Å²) in [5, 5.41) is 0. The molecule has 0 amide bonds. The molecule has 0 spiro atoms. The average molecular weight is 310 g/mol. The lowest BCUT2D eigenvalue weighted by atomic mass is 10.0. The standard InChI is InChI=1S/C21H26O2/c1-2-3-4-5-6-8-11-18-14-16-20(17-15-18)23-21(22)19-12-9-7-10-13-19/h7,9-10,12-17H,2-6,8,11H2,1H3. The van der Waals surface area contributed by atoms with E-state index in [1.54, 1.807) is 12.1 Å². The van der Waals surface area contributed by atoms with Gasteiger partial charge in [-0.1, -0.05) is 69.4 Å². The molecule has 0 aliphatic carbocycles. The fourth-order valence-corrected chi connectivity index (χ4v) is 2.57.